The third-order valence-corrected chi connectivity index (χ3v) is 7.54. The quantitative estimate of drug-likeness (QED) is 0.346. The van der Waals surface area contributed by atoms with Crippen molar-refractivity contribution in [1.82, 2.24) is 24.4 Å². The lowest BCUT2D eigenvalue weighted by Crippen LogP contribution is -2.38. The number of pyridine rings is 1. The average molecular weight is 520 g/mol. The zero-order valence-corrected chi connectivity index (χ0v) is 21.9. The van der Waals surface area contributed by atoms with Crippen molar-refractivity contribution in [3.05, 3.63) is 78.5 Å². The molecule has 0 aliphatic carbocycles. The van der Waals surface area contributed by atoms with Crippen molar-refractivity contribution < 1.29 is 9.59 Å². The number of anilines is 2. The molecule has 2 amide bonds. The molecule has 0 radical (unpaired) electrons. The molecule has 0 spiro atoms. The summed E-state index contributed by atoms with van der Waals surface area (Å²) in [5.41, 5.74) is 12.7. The number of primary amides is 1. The molecule has 6 rings (SSSR count). The van der Waals surface area contributed by atoms with Gasteiger partial charge in [0, 0.05) is 74.5 Å². The number of hydrogen-bond acceptors (Lipinski definition) is 6. The van der Waals surface area contributed by atoms with Crippen molar-refractivity contribution >= 4 is 45.1 Å². The summed E-state index contributed by atoms with van der Waals surface area (Å²) in [6, 6.07) is 14.0. The number of nitrogens with zero attached hydrogens (tertiary/aromatic N) is 5. The standard InChI is InChI=1S/C30H29N7O2/c1-18(38)37-12-3-4-21(17-37)27-29(23(30(31)39)7-9-33-27)35-22-15-24(28-25(16-22)32-10-11-34-28)20-6-5-19-8-13-36(2)26(19)14-20/h5-11,13-16,21,35H,3-4,12,17H2,1-2H3,(H2,31,39). The molecule has 9 heteroatoms. The van der Waals surface area contributed by atoms with Crippen LogP contribution in [0.3, 0.4) is 0 Å². The summed E-state index contributed by atoms with van der Waals surface area (Å²) >= 11 is 0. The van der Waals surface area contributed by atoms with E-state index in [0.717, 1.165) is 63.8 Å². The predicted octanol–water partition coefficient (Wildman–Crippen LogP) is 4.75. The highest BCUT2D eigenvalue weighted by atomic mass is 16.2. The molecule has 4 heterocycles. The first-order valence-corrected chi connectivity index (χ1v) is 13.0. The van der Waals surface area contributed by atoms with Crippen molar-refractivity contribution in [1.29, 1.82) is 0 Å². The maximum atomic E-state index is 12.5. The molecule has 2 aromatic carbocycles. The Labute approximate surface area is 225 Å². The number of nitrogens with two attached hydrogens (primary N) is 1. The summed E-state index contributed by atoms with van der Waals surface area (Å²) in [6.45, 7) is 2.85. The number of likely N-dealkylation sites (tertiary alicyclic amines) is 1. The molecule has 1 atom stereocenters. The molecule has 1 aliphatic rings. The summed E-state index contributed by atoms with van der Waals surface area (Å²) in [6.07, 6.45) is 8.73. The van der Waals surface area contributed by atoms with Crippen LogP contribution in [0.25, 0.3) is 33.1 Å². The second kappa shape index (κ2) is 9.83. The Hall–Kier alpha value is -4.79. The van der Waals surface area contributed by atoms with Crippen LogP contribution in [0.1, 0.15) is 41.7 Å². The number of aromatic nitrogens is 4. The van der Waals surface area contributed by atoms with Crippen molar-refractivity contribution in [2.45, 2.75) is 25.7 Å². The number of rotatable bonds is 5. The fraction of sp³-hybridized carbons (Fsp3) is 0.233. The van der Waals surface area contributed by atoms with Gasteiger partial charge in [0.1, 0.15) is 0 Å². The molecular weight excluding hydrogens is 490 g/mol. The van der Waals surface area contributed by atoms with Crippen molar-refractivity contribution in [2.24, 2.45) is 12.8 Å². The SMILES string of the molecule is CC(=O)N1CCCC(c2nccc(C(N)=O)c2Nc2cc(-c3ccc4ccn(C)c4c3)c3nccnc3c2)C1. The number of carbonyl (C=O) groups excluding carboxylic acids is 2. The minimum Gasteiger partial charge on any atom is -0.366 e. The molecule has 0 bridgehead atoms. The van der Waals surface area contributed by atoms with Gasteiger partial charge >= 0.3 is 0 Å². The second-order valence-electron chi connectivity index (χ2n) is 10.1. The molecule has 1 fully saturated rings. The van der Waals surface area contributed by atoms with Gasteiger partial charge in [0.05, 0.1) is 28.0 Å². The zero-order chi connectivity index (χ0) is 27.1. The van der Waals surface area contributed by atoms with Crippen LogP contribution in [0.2, 0.25) is 0 Å². The third-order valence-electron chi connectivity index (χ3n) is 7.54. The minimum absolute atomic E-state index is 0.0242. The molecule has 1 saturated heterocycles. The zero-order valence-electron chi connectivity index (χ0n) is 21.9. The largest absolute Gasteiger partial charge is 0.366 e. The number of amides is 2. The highest BCUT2D eigenvalue weighted by Gasteiger charge is 2.28. The van der Waals surface area contributed by atoms with E-state index in [-0.39, 0.29) is 11.8 Å². The highest BCUT2D eigenvalue weighted by Crippen LogP contribution is 2.37. The van der Waals surface area contributed by atoms with E-state index in [1.807, 2.05) is 30.3 Å². The van der Waals surface area contributed by atoms with E-state index in [9.17, 15) is 9.59 Å². The summed E-state index contributed by atoms with van der Waals surface area (Å²) in [7, 11) is 2.02. The number of piperidine rings is 1. The lowest BCUT2D eigenvalue weighted by molar-refractivity contribution is -0.130. The molecule has 9 nitrogen and oxygen atoms in total. The van der Waals surface area contributed by atoms with Gasteiger partial charge in [-0.25, -0.2) is 0 Å². The van der Waals surface area contributed by atoms with Crippen molar-refractivity contribution in [2.75, 3.05) is 18.4 Å². The van der Waals surface area contributed by atoms with Crippen molar-refractivity contribution in [3.8, 4) is 11.1 Å². The van der Waals surface area contributed by atoms with Gasteiger partial charge in [0.2, 0.25) is 5.91 Å². The summed E-state index contributed by atoms with van der Waals surface area (Å²) in [4.78, 5) is 40.4. The Kier molecular flexibility index (Phi) is 6.18. The smallest absolute Gasteiger partial charge is 0.250 e. The Bertz CT molecular complexity index is 1740. The van der Waals surface area contributed by atoms with E-state index in [1.54, 1.807) is 31.6 Å². The van der Waals surface area contributed by atoms with Crippen LogP contribution in [0.4, 0.5) is 11.4 Å². The Morgan fingerprint density at radius 2 is 1.87 bits per heavy atom. The van der Waals surface area contributed by atoms with Crippen LogP contribution in [0.15, 0.2) is 67.3 Å². The van der Waals surface area contributed by atoms with Crippen LogP contribution >= 0.6 is 0 Å². The van der Waals surface area contributed by atoms with Crippen LogP contribution in [0, 0.1) is 0 Å². The van der Waals surface area contributed by atoms with E-state index in [2.05, 4.69) is 49.1 Å². The molecule has 0 saturated carbocycles. The van der Waals surface area contributed by atoms with Crippen LogP contribution in [-0.4, -0.2) is 49.3 Å². The Morgan fingerprint density at radius 3 is 2.69 bits per heavy atom. The maximum Gasteiger partial charge on any atom is 0.250 e. The molecule has 39 heavy (non-hydrogen) atoms. The van der Waals surface area contributed by atoms with Gasteiger partial charge in [-0.3, -0.25) is 24.5 Å². The van der Waals surface area contributed by atoms with Crippen LogP contribution < -0.4 is 11.1 Å². The monoisotopic (exact) mass is 519 g/mol. The minimum atomic E-state index is -0.546. The third kappa shape index (κ3) is 4.56. The van der Waals surface area contributed by atoms with Gasteiger partial charge in [-0.1, -0.05) is 12.1 Å². The maximum absolute atomic E-state index is 12.5. The number of hydrogen-bond donors (Lipinski definition) is 2. The molecule has 1 aliphatic heterocycles. The normalized spacial score (nSPS) is 15.5. The number of fused-ring (bicyclic) bond motifs is 2. The molecule has 3 N–H and O–H groups in total. The lowest BCUT2D eigenvalue weighted by atomic mass is 9.91. The molecular formula is C30H29N7O2. The lowest BCUT2D eigenvalue weighted by Gasteiger charge is -2.33. The Morgan fingerprint density at radius 1 is 1.03 bits per heavy atom. The Balaban J connectivity index is 1.48. The van der Waals surface area contributed by atoms with E-state index in [0.29, 0.717) is 17.8 Å². The summed E-state index contributed by atoms with van der Waals surface area (Å²) in [5, 5.41) is 4.63. The fourth-order valence-corrected chi connectivity index (χ4v) is 5.55. The first kappa shape index (κ1) is 24.5. The van der Waals surface area contributed by atoms with Gasteiger partial charge in [-0.15, -0.1) is 0 Å². The number of aryl methyl sites for hydroxylation is 1. The summed E-state index contributed by atoms with van der Waals surface area (Å²) in [5.74, 6) is -0.535. The van der Waals surface area contributed by atoms with E-state index in [4.69, 9.17) is 5.73 Å². The molecule has 3 aromatic heterocycles. The van der Waals surface area contributed by atoms with E-state index in [1.165, 1.54) is 0 Å². The van der Waals surface area contributed by atoms with Gasteiger partial charge in [-0.2, -0.15) is 0 Å². The second-order valence-corrected chi connectivity index (χ2v) is 10.1. The number of benzene rings is 2. The van der Waals surface area contributed by atoms with Gasteiger partial charge in [0.25, 0.3) is 5.91 Å². The predicted molar refractivity (Wildman–Crippen MR) is 152 cm³/mol. The molecule has 5 aromatic rings. The first-order chi connectivity index (χ1) is 18.9. The van der Waals surface area contributed by atoms with Gasteiger partial charge in [0.15, 0.2) is 0 Å². The highest BCUT2D eigenvalue weighted by molar-refractivity contribution is 6.01. The van der Waals surface area contributed by atoms with Crippen molar-refractivity contribution in [3.63, 3.8) is 0 Å². The summed E-state index contributed by atoms with van der Waals surface area (Å²) < 4.78 is 2.09. The van der Waals surface area contributed by atoms with Crippen LogP contribution in [-0.2, 0) is 11.8 Å². The topological polar surface area (TPSA) is 119 Å². The first-order valence-electron chi connectivity index (χ1n) is 13.0. The van der Waals surface area contributed by atoms with Gasteiger partial charge in [-0.05, 0) is 54.1 Å². The number of nitrogens with one attached hydrogen (secondary N) is 1. The molecule has 196 valence electrons. The van der Waals surface area contributed by atoms with Crippen LogP contribution in [0.5, 0.6) is 0 Å². The van der Waals surface area contributed by atoms with E-state index < -0.39 is 5.91 Å². The number of carbonyl (C=O) groups is 2. The fourth-order valence-electron chi connectivity index (χ4n) is 5.55. The van der Waals surface area contributed by atoms with E-state index >= 15 is 0 Å². The average Bonchev–Trinajstić information content (AvgIpc) is 3.32. The van der Waals surface area contributed by atoms with Gasteiger partial charge < -0.3 is 20.5 Å². The molecule has 1 unspecified atom stereocenters.